The lowest BCUT2D eigenvalue weighted by molar-refractivity contribution is 0.0161. The predicted molar refractivity (Wildman–Crippen MR) is 107 cm³/mol. The van der Waals surface area contributed by atoms with Crippen molar-refractivity contribution in [2.24, 2.45) is 0 Å². The molecule has 5 heteroatoms. The Morgan fingerprint density at radius 3 is 2.44 bits per heavy atom. The Morgan fingerprint density at radius 1 is 1.00 bits per heavy atom. The molecule has 2 saturated heterocycles. The number of morpholine rings is 1. The molecule has 3 aliphatic rings. The largest absolute Gasteiger partial charge is 0.379 e. The number of likely N-dealkylation sites (tertiary alicyclic amines) is 1. The number of nitrogens with zero attached hydrogens (tertiary/aromatic N) is 2. The second-order valence-corrected chi connectivity index (χ2v) is 8.30. The lowest BCUT2D eigenvalue weighted by Crippen LogP contribution is -2.53. The highest BCUT2D eigenvalue weighted by atomic mass is 16.5. The van der Waals surface area contributed by atoms with Crippen LogP contribution in [0, 0.1) is 0 Å². The van der Waals surface area contributed by atoms with Crippen molar-refractivity contribution >= 4 is 6.03 Å². The SMILES string of the molecule is O=C(NCC(c1ccccc1)N1CCOCC1)N1CCCC12CCCCC2. The van der Waals surface area contributed by atoms with E-state index in [-0.39, 0.29) is 17.6 Å². The highest BCUT2D eigenvalue weighted by molar-refractivity contribution is 5.75. The second kappa shape index (κ2) is 8.61. The number of amides is 2. The number of nitrogens with one attached hydrogen (secondary N) is 1. The Bertz CT molecular complexity index is 609. The smallest absolute Gasteiger partial charge is 0.317 e. The molecule has 1 aromatic carbocycles. The molecule has 0 radical (unpaired) electrons. The third-order valence-electron chi connectivity index (χ3n) is 6.74. The van der Waals surface area contributed by atoms with Crippen molar-refractivity contribution in [1.82, 2.24) is 15.1 Å². The predicted octanol–water partition coefficient (Wildman–Crippen LogP) is 3.57. The van der Waals surface area contributed by atoms with Gasteiger partial charge in [-0.05, 0) is 31.2 Å². The van der Waals surface area contributed by atoms with Gasteiger partial charge >= 0.3 is 6.03 Å². The number of hydrogen-bond donors (Lipinski definition) is 1. The van der Waals surface area contributed by atoms with Gasteiger partial charge in [-0.2, -0.15) is 0 Å². The van der Waals surface area contributed by atoms with Gasteiger partial charge in [0.2, 0.25) is 0 Å². The van der Waals surface area contributed by atoms with Crippen LogP contribution in [0.5, 0.6) is 0 Å². The van der Waals surface area contributed by atoms with E-state index in [0.29, 0.717) is 6.54 Å². The molecule has 1 aliphatic carbocycles. The van der Waals surface area contributed by atoms with Crippen molar-refractivity contribution in [3.8, 4) is 0 Å². The fraction of sp³-hybridized carbons (Fsp3) is 0.682. The van der Waals surface area contributed by atoms with Crippen LogP contribution in [0.25, 0.3) is 0 Å². The quantitative estimate of drug-likeness (QED) is 0.880. The topological polar surface area (TPSA) is 44.8 Å². The van der Waals surface area contributed by atoms with Gasteiger partial charge in [-0.15, -0.1) is 0 Å². The number of benzene rings is 1. The molecule has 4 rings (SSSR count). The van der Waals surface area contributed by atoms with Crippen molar-refractivity contribution in [1.29, 1.82) is 0 Å². The minimum atomic E-state index is 0.142. The van der Waals surface area contributed by atoms with Crippen LogP contribution in [0.1, 0.15) is 56.6 Å². The van der Waals surface area contributed by atoms with Crippen LogP contribution < -0.4 is 5.32 Å². The maximum absolute atomic E-state index is 13.1. The third-order valence-corrected chi connectivity index (χ3v) is 6.74. The van der Waals surface area contributed by atoms with Gasteiger partial charge in [0, 0.05) is 31.7 Å². The first-order valence-corrected chi connectivity index (χ1v) is 10.7. The Kier molecular flexibility index (Phi) is 5.98. The Balaban J connectivity index is 1.43. The highest BCUT2D eigenvalue weighted by Gasteiger charge is 2.44. The third kappa shape index (κ3) is 4.14. The maximum atomic E-state index is 13.1. The average molecular weight is 372 g/mol. The number of carbonyl (C=O) groups is 1. The van der Waals surface area contributed by atoms with E-state index in [9.17, 15) is 4.79 Å². The van der Waals surface area contributed by atoms with Gasteiger partial charge in [0.05, 0.1) is 19.3 Å². The molecule has 0 aromatic heterocycles. The summed E-state index contributed by atoms with van der Waals surface area (Å²) in [6.45, 7) is 4.96. The molecule has 1 aromatic rings. The molecule has 27 heavy (non-hydrogen) atoms. The van der Waals surface area contributed by atoms with Crippen LogP contribution in [0.2, 0.25) is 0 Å². The minimum Gasteiger partial charge on any atom is -0.379 e. The first kappa shape index (κ1) is 18.8. The van der Waals surface area contributed by atoms with Gasteiger partial charge in [-0.25, -0.2) is 4.79 Å². The van der Waals surface area contributed by atoms with E-state index >= 15 is 0 Å². The van der Waals surface area contributed by atoms with E-state index in [1.807, 2.05) is 0 Å². The van der Waals surface area contributed by atoms with E-state index in [1.165, 1.54) is 44.1 Å². The summed E-state index contributed by atoms with van der Waals surface area (Å²) in [6, 6.07) is 10.9. The first-order chi connectivity index (χ1) is 13.3. The summed E-state index contributed by atoms with van der Waals surface area (Å²) >= 11 is 0. The molecule has 3 fully saturated rings. The summed E-state index contributed by atoms with van der Waals surface area (Å²) in [5, 5.41) is 3.30. The molecule has 1 atom stereocenters. The summed E-state index contributed by atoms with van der Waals surface area (Å²) in [6.07, 6.45) is 8.57. The van der Waals surface area contributed by atoms with Crippen LogP contribution in [-0.4, -0.2) is 60.8 Å². The minimum absolute atomic E-state index is 0.142. The van der Waals surface area contributed by atoms with Gasteiger partial charge in [-0.3, -0.25) is 4.90 Å². The molecule has 1 spiro atoms. The number of carbonyl (C=O) groups excluding carboxylic acids is 1. The van der Waals surface area contributed by atoms with Gasteiger partial charge in [-0.1, -0.05) is 49.6 Å². The van der Waals surface area contributed by atoms with Crippen molar-refractivity contribution in [2.75, 3.05) is 39.4 Å². The van der Waals surface area contributed by atoms with Crippen molar-refractivity contribution < 1.29 is 9.53 Å². The number of urea groups is 1. The lowest BCUT2D eigenvalue weighted by atomic mass is 9.80. The van der Waals surface area contributed by atoms with Crippen LogP contribution >= 0.6 is 0 Å². The normalized spacial score (nSPS) is 24.1. The van der Waals surface area contributed by atoms with E-state index in [1.54, 1.807) is 0 Å². The molecule has 2 amide bonds. The summed E-state index contributed by atoms with van der Waals surface area (Å²) < 4.78 is 5.53. The Hall–Kier alpha value is -1.59. The Labute approximate surface area is 163 Å². The fourth-order valence-corrected chi connectivity index (χ4v) is 5.29. The molecular formula is C22H33N3O2. The zero-order valence-electron chi connectivity index (χ0n) is 16.4. The molecular weight excluding hydrogens is 338 g/mol. The highest BCUT2D eigenvalue weighted by Crippen LogP contribution is 2.41. The van der Waals surface area contributed by atoms with Crippen molar-refractivity contribution in [3.63, 3.8) is 0 Å². The first-order valence-electron chi connectivity index (χ1n) is 10.7. The fourth-order valence-electron chi connectivity index (χ4n) is 5.29. The standard InChI is InChI=1S/C22H33N3O2/c26-21(25-13-7-12-22(25)10-5-2-6-11-22)23-18-20(19-8-3-1-4-9-19)24-14-16-27-17-15-24/h1,3-4,8-9,20H,2,5-7,10-18H2,(H,23,26). The zero-order chi connectivity index (χ0) is 18.5. The molecule has 5 nitrogen and oxygen atoms in total. The van der Waals surface area contributed by atoms with Gasteiger partial charge in [0.1, 0.15) is 0 Å². The monoisotopic (exact) mass is 371 g/mol. The van der Waals surface area contributed by atoms with E-state index in [4.69, 9.17) is 4.74 Å². The summed E-state index contributed by atoms with van der Waals surface area (Å²) in [7, 11) is 0. The van der Waals surface area contributed by atoms with Crippen molar-refractivity contribution in [2.45, 2.75) is 56.5 Å². The van der Waals surface area contributed by atoms with E-state index < -0.39 is 0 Å². The average Bonchev–Trinajstić information content (AvgIpc) is 3.13. The molecule has 0 bridgehead atoms. The number of ether oxygens (including phenoxy) is 1. The molecule has 1 saturated carbocycles. The van der Waals surface area contributed by atoms with Gasteiger partial charge < -0.3 is 15.0 Å². The Morgan fingerprint density at radius 2 is 1.70 bits per heavy atom. The number of rotatable bonds is 4. The molecule has 2 heterocycles. The molecule has 148 valence electrons. The van der Waals surface area contributed by atoms with Gasteiger partial charge in [0.25, 0.3) is 0 Å². The van der Waals surface area contributed by atoms with Crippen LogP contribution in [0.3, 0.4) is 0 Å². The summed E-state index contributed by atoms with van der Waals surface area (Å²) in [5.41, 5.74) is 1.41. The van der Waals surface area contributed by atoms with Crippen LogP contribution in [0.4, 0.5) is 4.79 Å². The molecule has 2 aliphatic heterocycles. The lowest BCUT2D eigenvalue weighted by Gasteiger charge is -2.42. The van der Waals surface area contributed by atoms with E-state index in [2.05, 4.69) is 45.4 Å². The van der Waals surface area contributed by atoms with Crippen molar-refractivity contribution in [3.05, 3.63) is 35.9 Å². The maximum Gasteiger partial charge on any atom is 0.317 e. The number of hydrogen-bond acceptors (Lipinski definition) is 3. The summed E-state index contributed by atoms with van der Waals surface area (Å²) in [5.74, 6) is 0. The molecule has 1 N–H and O–H groups in total. The zero-order valence-corrected chi connectivity index (χ0v) is 16.4. The van der Waals surface area contributed by atoms with E-state index in [0.717, 1.165) is 39.3 Å². The molecule has 1 unspecified atom stereocenters. The van der Waals surface area contributed by atoms with Crippen LogP contribution in [0.15, 0.2) is 30.3 Å². The summed E-state index contributed by atoms with van der Waals surface area (Å²) in [4.78, 5) is 17.7. The van der Waals surface area contributed by atoms with Crippen LogP contribution in [-0.2, 0) is 4.74 Å². The second-order valence-electron chi connectivity index (χ2n) is 8.30. The van der Waals surface area contributed by atoms with Gasteiger partial charge in [0.15, 0.2) is 0 Å².